The number of carbonyl (C=O) groups is 4. The van der Waals surface area contributed by atoms with Crippen molar-refractivity contribution in [1.82, 2.24) is 4.98 Å². The number of rotatable bonds is 23. The standard InChI is InChI=1S/C55H61N3O13S/c1-35(2)51(60)68-33-66-43-18-22-45(23-19-43)70-53(62)40-14-10-38(11-15-40)31-64-47-26-27-49(42(28-47)29-56-58(37(5)30-59)55-57-48-8-6-7-9-50(48)72-55)65-32-39-12-16-41(17-13-39)54(63)71-46-24-20-44(21-25-46)67-34-69-52(61)36(3)4/h6-9,18-29,37-41,59H,1,3,10-17,30-34H2,2,4-5H3/b56-29+. The fraction of sp³-hybridized carbons (Fsp3) is 0.382. The van der Waals surface area contributed by atoms with E-state index in [0.29, 0.717) is 84.1 Å². The summed E-state index contributed by atoms with van der Waals surface area (Å²) < 4.78 is 46.1. The summed E-state index contributed by atoms with van der Waals surface area (Å²) in [4.78, 5) is 54.2. The molecular weight excluding hydrogens is 943 g/mol. The number of aliphatic hydroxyl groups is 1. The molecule has 0 amide bonds. The van der Waals surface area contributed by atoms with E-state index in [1.165, 1.54) is 11.3 Å². The van der Waals surface area contributed by atoms with Crippen LogP contribution >= 0.6 is 11.3 Å². The Labute approximate surface area is 423 Å². The fourth-order valence-corrected chi connectivity index (χ4v) is 9.09. The zero-order valence-electron chi connectivity index (χ0n) is 40.8. The van der Waals surface area contributed by atoms with Crippen LogP contribution in [-0.4, -0.2) is 79.6 Å². The Hall–Kier alpha value is -7.24. The molecule has 1 aromatic heterocycles. The molecule has 7 rings (SSSR count). The summed E-state index contributed by atoms with van der Waals surface area (Å²) in [5.74, 6) is 1.27. The molecule has 2 fully saturated rings. The summed E-state index contributed by atoms with van der Waals surface area (Å²) in [6.45, 7) is 12.3. The number of ether oxygens (including phenoxy) is 8. The van der Waals surface area contributed by atoms with Gasteiger partial charge >= 0.3 is 23.9 Å². The summed E-state index contributed by atoms with van der Waals surface area (Å²) in [6, 6.07) is 26.2. The van der Waals surface area contributed by atoms with Gasteiger partial charge in [-0.1, -0.05) is 36.6 Å². The fourth-order valence-electron chi connectivity index (χ4n) is 8.07. The summed E-state index contributed by atoms with van der Waals surface area (Å²) in [5, 5.41) is 17.5. The zero-order chi connectivity index (χ0) is 51.0. The number of hydrogen-bond acceptors (Lipinski definition) is 17. The monoisotopic (exact) mass is 1000 g/mol. The zero-order valence-corrected chi connectivity index (χ0v) is 41.6. The Kier molecular flexibility index (Phi) is 18.8. The highest BCUT2D eigenvalue weighted by Crippen LogP contribution is 2.35. The van der Waals surface area contributed by atoms with Crippen LogP contribution in [0.15, 0.2) is 120 Å². The number of hydrazone groups is 1. The van der Waals surface area contributed by atoms with Crippen molar-refractivity contribution in [2.24, 2.45) is 28.8 Å². The van der Waals surface area contributed by atoms with Gasteiger partial charge in [0.25, 0.3) is 0 Å². The Balaban J connectivity index is 0.926. The molecule has 1 unspecified atom stereocenters. The summed E-state index contributed by atoms with van der Waals surface area (Å²) in [6.07, 6.45) is 7.51. The number of fused-ring (bicyclic) bond motifs is 1. The largest absolute Gasteiger partial charge is 0.493 e. The third-order valence-electron chi connectivity index (χ3n) is 12.4. The van der Waals surface area contributed by atoms with Crippen LogP contribution < -0.4 is 33.4 Å². The van der Waals surface area contributed by atoms with Gasteiger partial charge in [-0.25, -0.2) is 19.6 Å². The molecule has 5 aromatic rings. The predicted octanol–water partition coefficient (Wildman–Crippen LogP) is 10.0. The molecule has 0 bridgehead atoms. The smallest absolute Gasteiger partial charge is 0.335 e. The quantitative estimate of drug-likeness (QED) is 0.0162. The van der Waals surface area contributed by atoms with E-state index in [1.54, 1.807) is 73.6 Å². The van der Waals surface area contributed by atoms with Gasteiger partial charge < -0.3 is 43.0 Å². The van der Waals surface area contributed by atoms with Gasteiger partial charge in [0, 0.05) is 16.7 Å². The first kappa shape index (κ1) is 52.6. The van der Waals surface area contributed by atoms with Crippen LogP contribution in [0.25, 0.3) is 10.2 Å². The number of aliphatic hydroxyl groups excluding tert-OH is 1. The minimum Gasteiger partial charge on any atom is -0.493 e. The molecule has 2 aliphatic rings. The van der Waals surface area contributed by atoms with E-state index in [1.807, 2.05) is 49.4 Å². The van der Waals surface area contributed by atoms with Gasteiger partial charge in [0.2, 0.25) is 18.7 Å². The highest BCUT2D eigenvalue weighted by molar-refractivity contribution is 7.22. The van der Waals surface area contributed by atoms with E-state index in [9.17, 15) is 24.3 Å². The molecule has 1 N–H and O–H groups in total. The SMILES string of the molecule is C=C(C)C(=O)OCOc1ccc(OC(=O)C2CCC(COc3ccc(OCC4CCC(C(=O)Oc5ccc(OCOC(=O)C(=C)C)cc5)CC4)c(/C=N/N(c4nc5ccccc5s4)C(C)CO)c3)CC2)cc1. The average molecular weight is 1000 g/mol. The molecule has 1 heterocycles. The number of thiazole rings is 1. The molecule has 2 saturated carbocycles. The molecule has 17 heteroatoms. The number of carbonyl (C=O) groups excluding carboxylic acids is 4. The summed E-state index contributed by atoms with van der Waals surface area (Å²) in [7, 11) is 0. The van der Waals surface area contributed by atoms with Crippen LogP contribution in [0.2, 0.25) is 0 Å². The van der Waals surface area contributed by atoms with Gasteiger partial charge in [-0.15, -0.1) is 0 Å². The van der Waals surface area contributed by atoms with E-state index in [2.05, 4.69) is 13.2 Å². The van der Waals surface area contributed by atoms with Crippen LogP contribution in [0.1, 0.15) is 77.7 Å². The number of hydrogen-bond donors (Lipinski definition) is 1. The molecule has 2 aliphatic carbocycles. The maximum atomic E-state index is 13.2. The van der Waals surface area contributed by atoms with Gasteiger partial charge in [0.15, 0.2) is 0 Å². The Bertz CT molecular complexity index is 2650. The number of aromatic nitrogens is 1. The third-order valence-corrected chi connectivity index (χ3v) is 13.4. The van der Waals surface area contributed by atoms with Crippen molar-refractivity contribution in [3.05, 3.63) is 121 Å². The van der Waals surface area contributed by atoms with Crippen molar-refractivity contribution < 1.29 is 62.2 Å². The highest BCUT2D eigenvalue weighted by atomic mass is 32.1. The lowest BCUT2D eigenvalue weighted by Gasteiger charge is -2.28. The van der Waals surface area contributed by atoms with Crippen LogP contribution in [0.4, 0.5) is 5.13 Å². The van der Waals surface area contributed by atoms with Gasteiger partial charge in [-0.05, 0) is 163 Å². The molecule has 0 spiro atoms. The van der Waals surface area contributed by atoms with Gasteiger partial charge in [0.05, 0.1) is 54.1 Å². The topological polar surface area (TPSA) is 191 Å². The van der Waals surface area contributed by atoms with Crippen LogP contribution in [-0.2, 0) is 28.7 Å². The van der Waals surface area contributed by atoms with Crippen LogP contribution in [0.3, 0.4) is 0 Å². The summed E-state index contributed by atoms with van der Waals surface area (Å²) >= 11 is 1.49. The number of anilines is 1. The Morgan fingerprint density at radius 3 is 1.67 bits per heavy atom. The van der Waals surface area contributed by atoms with Crippen molar-refractivity contribution in [3.8, 4) is 34.5 Å². The minimum absolute atomic E-state index is 0.145. The molecule has 4 aromatic carbocycles. The maximum Gasteiger partial charge on any atom is 0.335 e. The van der Waals surface area contributed by atoms with Crippen molar-refractivity contribution in [3.63, 3.8) is 0 Å². The first-order valence-electron chi connectivity index (χ1n) is 24.1. The molecule has 72 heavy (non-hydrogen) atoms. The van der Waals surface area contributed by atoms with E-state index >= 15 is 0 Å². The van der Waals surface area contributed by atoms with Crippen LogP contribution in [0.5, 0.6) is 34.5 Å². The number of nitrogens with zero attached hydrogens (tertiary/aromatic N) is 3. The lowest BCUT2D eigenvalue weighted by atomic mass is 9.82. The van der Waals surface area contributed by atoms with Crippen LogP contribution in [0, 0.1) is 23.7 Å². The molecular formula is C55H61N3O13S. The number of benzene rings is 4. The van der Waals surface area contributed by atoms with Gasteiger partial charge in [0.1, 0.15) is 34.5 Å². The molecule has 380 valence electrons. The molecule has 0 radical (unpaired) electrons. The van der Waals surface area contributed by atoms with Crippen molar-refractivity contribution >= 4 is 56.8 Å². The lowest BCUT2D eigenvalue weighted by molar-refractivity contribution is -0.146. The first-order valence-corrected chi connectivity index (χ1v) is 24.9. The van der Waals surface area contributed by atoms with E-state index < -0.39 is 11.9 Å². The molecule has 0 aliphatic heterocycles. The Morgan fingerprint density at radius 2 is 1.17 bits per heavy atom. The second kappa shape index (κ2) is 25.7. The lowest BCUT2D eigenvalue weighted by Crippen LogP contribution is -2.31. The van der Waals surface area contributed by atoms with Crippen molar-refractivity contribution in [2.45, 2.75) is 78.2 Å². The van der Waals surface area contributed by atoms with E-state index in [-0.39, 0.29) is 73.0 Å². The Morgan fingerprint density at radius 1 is 0.681 bits per heavy atom. The maximum absolute atomic E-state index is 13.2. The second-order valence-electron chi connectivity index (χ2n) is 18.1. The highest BCUT2D eigenvalue weighted by Gasteiger charge is 2.30. The van der Waals surface area contributed by atoms with E-state index in [4.69, 9.17) is 48.0 Å². The first-order chi connectivity index (χ1) is 34.8. The molecule has 16 nitrogen and oxygen atoms in total. The van der Waals surface area contributed by atoms with Gasteiger partial charge in [-0.2, -0.15) is 5.10 Å². The normalized spacial score (nSPS) is 18.1. The molecule has 1 atom stereocenters. The number of para-hydroxylation sites is 1. The molecule has 0 saturated heterocycles. The van der Waals surface area contributed by atoms with Crippen molar-refractivity contribution in [2.75, 3.05) is 38.4 Å². The second-order valence-corrected chi connectivity index (χ2v) is 19.1. The summed E-state index contributed by atoms with van der Waals surface area (Å²) in [5.41, 5.74) is 2.08. The minimum atomic E-state index is -0.543. The van der Waals surface area contributed by atoms with Gasteiger partial charge in [-0.3, -0.25) is 9.59 Å². The van der Waals surface area contributed by atoms with E-state index in [0.717, 1.165) is 35.9 Å². The average Bonchev–Trinajstić information content (AvgIpc) is 3.83. The number of esters is 4. The van der Waals surface area contributed by atoms with Crippen molar-refractivity contribution in [1.29, 1.82) is 0 Å². The third kappa shape index (κ3) is 15.1. The predicted molar refractivity (Wildman–Crippen MR) is 272 cm³/mol.